The fourth-order valence-electron chi connectivity index (χ4n) is 3.38. The van der Waals surface area contributed by atoms with Crippen LogP contribution in [-0.2, 0) is 4.74 Å². The molecule has 2 aliphatic heterocycles. The zero-order chi connectivity index (χ0) is 14.4. The molecule has 2 rings (SSSR count). The zero-order valence-corrected chi connectivity index (χ0v) is 13.2. The van der Waals surface area contributed by atoms with Gasteiger partial charge in [0.25, 0.3) is 0 Å². The average Bonchev–Trinajstić information content (AvgIpc) is 2.80. The number of ether oxygens (including phenoxy) is 1. The fraction of sp³-hybridized carbons (Fsp3) is 1.00. The molecule has 0 aromatic carbocycles. The summed E-state index contributed by atoms with van der Waals surface area (Å²) in [7, 11) is 0. The summed E-state index contributed by atoms with van der Waals surface area (Å²) in [6.45, 7) is 8.96. The van der Waals surface area contributed by atoms with E-state index in [1.54, 1.807) is 0 Å². The van der Waals surface area contributed by atoms with Gasteiger partial charge in [-0.2, -0.15) is 0 Å². The van der Waals surface area contributed by atoms with Gasteiger partial charge in [0.1, 0.15) is 0 Å². The van der Waals surface area contributed by atoms with Gasteiger partial charge < -0.3 is 15.2 Å². The molecule has 0 radical (unpaired) electrons. The van der Waals surface area contributed by atoms with Crippen molar-refractivity contribution in [2.24, 2.45) is 0 Å². The summed E-state index contributed by atoms with van der Waals surface area (Å²) >= 11 is 0. The van der Waals surface area contributed by atoms with Crippen molar-refractivity contribution in [3.63, 3.8) is 0 Å². The number of nitrogens with one attached hydrogen (secondary N) is 1. The Bertz CT molecular complexity index is 276. The molecule has 0 aromatic rings. The van der Waals surface area contributed by atoms with E-state index < -0.39 is 0 Å². The SMILES string of the molecule is CCCNC(C)(CO)CCCCN1CC2CCC(C1)O2. The van der Waals surface area contributed by atoms with Crippen LogP contribution in [0, 0.1) is 0 Å². The molecule has 20 heavy (non-hydrogen) atoms. The van der Waals surface area contributed by atoms with Gasteiger partial charge in [0.2, 0.25) is 0 Å². The molecule has 2 fully saturated rings. The third kappa shape index (κ3) is 4.69. The second-order valence-corrected chi connectivity index (χ2v) is 6.82. The molecule has 3 unspecified atom stereocenters. The van der Waals surface area contributed by atoms with Crippen LogP contribution in [0.25, 0.3) is 0 Å². The number of hydrogen-bond acceptors (Lipinski definition) is 4. The van der Waals surface area contributed by atoms with E-state index in [0.717, 1.165) is 32.5 Å². The Labute approximate surface area is 123 Å². The minimum absolute atomic E-state index is 0.0972. The van der Waals surface area contributed by atoms with Gasteiger partial charge in [-0.15, -0.1) is 0 Å². The van der Waals surface area contributed by atoms with E-state index in [4.69, 9.17) is 4.74 Å². The van der Waals surface area contributed by atoms with E-state index in [1.165, 1.54) is 32.2 Å². The molecule has 2 saturated heterocycles. The third-order valence-electron chi connectivity index (χ3n) is 4.72. The highest BCUT2D eigenvalue weighted by Crippen LogP contribution is 2.26. The lowest BCUT2D eigenvalue weighted by Gasteiger charge is -2.33. The van der Waals surface area contributed by atoms with Crippen LogP contribution in [0.15, 0.2) is 0 Å². The minimum atomic E-state index is -0.0972. The first-order chi connectivity index (χ1) is 9.65. The lowest BCUT2D eigenvalue weighted by atomic mass is 9.95. The Morgan fingerprint density at radius 1 is 1.25 bits per heavy atom. The molecular weight excluding hydrogens is 252 g/mol. The molecule has 118 valence electrons. The number of aliphatic hydroxyl groups is 1. The maximum Gasteiger partial charge on any atom is 0.0707 e. The van der Waals surface area contributed by atoms with Gasteiger partial charge in [-0.3, -0.25) is 4.90 Å². The highest BCUT2D eigenvalue weighted by Gasteiger charge is 2.33. The first-order valence-corrected chi connectivity index (χ1v) is 8.39. The Balaban J connectivity index is 1.60. The Morgan fingerprint density at radius 3 is 2.55 bits per heavy atom. The summed E-state index contributed by atoms with van der Waals surface area (Å²) < 4.78 is 5.87. The van der Waals surface area contributed by atoms with Gasteiger partial charge >= 0.3 is 0 Å². The summed E-state index contributed by atoms with van der Waals surface area (Å²) in [4.78, 5) is 2.57. The Kier molecular flexibility index (Phi) is 6.27. The molecule has 2 heterocycles. The number of nitrogens with zero attached hydrogens (tertiary/aromatic N) is 1. The second-order valence-electron chi connectivity index (χ2n) is 6.82. The number of likely N-dealkylation sites (tertiary alicyclic amines) is 1. The van der Waals surface area contributed by atoms with Crippen LogP contribution in [0.5, 0.6) is 0 Å². The number of morpholine rings is 1. The summed E-state index contributed by atoms with van der Waals surface area (Å²) in [6, 6.07) is 0. The minimum Gasteiger partial charge on any atom is -0.394 e. The van der Waals surface area contributed by atoms with Gasteiger partial charge in [-0.1, -0.05) is 13.3 Å². The summed E-state index contributed by atoms with van der Waals surface area (Å²) in [5.41, 5.74) is -0.0972. The van der Waals surface area contributed by atoms with Gasteiger partial charge in [0.15, 0.2) is 0 Å². The van der Waals surface area contributed by atoms with Crippen molar-refractivity contribution < 1.29 is 9.84 Å². The van der Waals surface area contributed by atoms with E-state index in [1.807, 2.05) is 0 Å². The molecule has 4 heteroatoms. The molecule has 0 amide bonds. The van der Waals surface area contributed by atoms with Gasteiger partial charge in [-0.05, 0) is 52.1 Å². The molecule has 0 aliphatic carbocycles. The van der Waals surface area contributed by atoms with Crippen molar-refractivity contribution in [3.8, 4) is 0 Å². The largest absolute Gasteiger partial charge is 0.394 e. The van der Waals surface area contributed by atoms with Crippen molar-refractivity contribution in [2.45, 2.75) is 70.1 Å². The van der Waals surface area contributed by atoms with Crippen LogP contribution in [0.2, 0.25) is 0 Å². The maximum atomic E-state index is 9.55. The molecule has 0 aromatic heterocycles. The molecule has 4 nitrogen and oxygen atoms in total. The fourth-order valence-corrected chi connectivity index (χ4v) is 3.38. The quantitative estimate of drug-likeness (QED) is 0.633. The van der Waals surface area contributed by atoms with Crippen LogP contribution in [0.4, 0.5) is 0 Å². The van der Waals surface area contributed by atoms with Gasteiger partial charge in [-0.25, -0.2) is 0 Å². The lowest BCUT2D eigenvalue weighted by Crippen LogP contribution is -2.46. The highest BCUT2D eigenvalue weighted by atomic mass is 16.5. The normalized spacial score (nSPS) is 29.6. The van der Waals surface area contributed by atoms with E-state index in [2.05, 4.69) is 24.1 Å². The maximum absolute atomic E-state index is 9.55. The Morgan fingerprint density at radius 2 is 1.95 bits per heavy atom. The summed E-state index contributed by atoms with van der Waals surface area (Å²) in [5.74, 6) is 0. The van der Waals surface area contributed by atoms with Crippen LogP contribution >= 0.6 is 0 Å². The van der Waals surface area contributed by atoms with E-state index in [-0.39, 0.29) is 12.1 Å². The average molecular weight is 284 g/mol. The van der Waals surface area contributed by atoms with Crippen LogP contribution in [0.3, 0.4) is 0 Å². The van der Waals surface area contributed by atoms with Crippen molar-refractivity contribution in [1.29, 1.82) is 0 Å². The van der Waals surface area contributed by atoms with Crippen molar-refractivity contribution >= 4 is 0 Å². The molecule has 2 aliphatic rings. The first-order valence-electron chi connectivity index (χ1n) is 8.39. The van der Waals surface area contributed by atoms with Crippen molar-refractivity contribution in [1.82, 2.24) is 10.2 Å². The molecular formula is C16H32N2O2. The van der Waals surface area contributed by atoms with Crippen LogP contribution in [0.1, 0.15) is 52.4 Å². The van der Waals surface area contributed by atoms with Crippen molar-refractivity contribution in [3.05, 3.63) is 0 Å². The predicted molar refractivity (Wildman–Crippen MR) is 82.0 cm³/mol. The second kappa shape index (κ2) is 7.74. The van der Waals surface area contributed by atoms with Gasteiger partial charge in [0.05, 0.1) is 18.8 Å². The zero-order valence-electron chi connectivity index (χ0n) is 13.2. The topological polar surface area (TPSA) is 44.7 Å². The smallest absolute Gasteiger partial charge is 0.0707 e. The predicted octanol–water partition coefficient (Wildman–Crippen LogP) is 1.77. The third-order valence-corrected chi connectivity index (χ3v) is 4.72. The first kappa shape index (κ1) is 16.2. The number of aliphatic hydroxyl groups excluding tert-OH is 1. The standard InChI is InChI=1S/C16H32N2O2/c1-3-9-17-16(2,13-19)8-4-5-10-18-11-14-6-7-15(12-18)20-14/h14-15,17,19H,3-13H2,1-2H3. The summed E-state index contributed by atoms with van der Waals surface area (Å²) in [6.07, 6.45) is 8.09. The molecule has 3 atom stereocenters. The molecule has 0 saturated carbocycles. The van der Waals surface area contributed by atoms with Crippen LogP contribution in [-0.4, -0.2) is 60.5 Å². The highest BCUT2D eigenvalue weighted by molar-refractivity contribution is 4.85. The molecule has 2 bridgehead atoms. The number of hydrogen-bond donors (Lipinski definition) is 2. The lowest BCUT2D eigenvalue weighted by molar-refractivity contribution is -0.0386. The Hall–Kier alpha value is -0.160. The summed E-state index contributed by atoms with van der Waals surface area (Å²) in [5, 5.41) is 13.0. The van der Waals surface area contributed by atoms with E-state index in [9.17, 15) is 5.11 Å². The van der Waals surface area contributed by atoms with E-state index >= 15 is 0 Å². The number of fused-ring (bicyclic) bond motifs is 2. The van der Waals surface area contributed by atoms with E-state index in [0.29, 0.717) is 12.2 Å². The monoisotopic (exact) mass is 284 g/mol. The van der Waals surface area contributed by atoms with Crippen LogP contribution < -0.4 is 5.32 Å². The molecule has 2 N–H and O–H groups in total. The van der Waals surface area contributed by atoms with Gasteiger partial charge in [0, 0.05) is 18.6 Å². The van der Waals surface area contributed by atoms with Crippen molar-refractivity contribution in [2.75, 3.05) is 32.8 Å². The number of unbranched alkanes of at least 4 members (excludes halogenated alkanes) is 1. The number of rotatable bonds is 9. The molecule has 0 spiro atoms.